The van der Waals surface area contributed by atoms with E-state index >= 15 is 0 Å². The number of carbonyl (C=O) groups excluding carboxylic acids is 2. The molecule has 0 amide bonds. The highest BCUT2D eigenvalue weighted by Crippen LogP contribution is 2.21. The van der Waals surface area contributed by atoms with Gasteiger partial charge in [-0.2, -0.15) is 0 Å². The summed E-state index contributed by atoms with van der Waals surface area (Å²) in [5.41, 5.74) is 5.81. The molecular formula is C15H19FNO4. The molecule has 1 atom stereocenters. The second-order valence-electron chi connectivity index (χ2n) is 4.82. The van der Waals surface area contributed by atoms with Gasteiger partial charge in [0.15, 0.2) is 5.78 Å². The first-order valence-corrected chi connectivity index (χ1v) is 6.66. The van der Waals surface area contributed by atoms with Gasteiger partial charge in [-0.3, -0.25) is 9.59 Å². The molecule has 0 aliphatic carbocycles. The van der Waals surface area contributed by atoms with Crippen LogP contribution in [0, 0.1) is 17.8 Å². The van der Waals surface area contributed by atoms with Gasteiger partial charge in [0.1, 0.15) is 17.6 Å². The summed E-state index contributed by atoms with van der Waals surface area (Å²) in [7, 11) is 0. The number of hydrogen-bond donors (Lipinski definition) is 1. The smallest absolute Gasteiger partial charge is 0.326 e. The van der Waals surface area contributed by atoms with Gasteiger partial charge in [0, 0.05) is 6.42 Å². The average molecular weight is 296 g/mol. The van der Waals surface area contributed by atoms with Gasteiger partial charge in [0.25, 0.3) is 0 Å². The molecule has 21 heavy (non-hydrogen) atoms. The Morgan fingerprint density at radius 1 is 1.38 bits per heavy atom. The fourth-order valence-electron chi connectivity index (χ4n) is 1.49. The van der Waals surface area contributed by atoms with Crippen molar-refractivity contribution in [2.45, 2.75) is 33.2 Å². The maximum Gasteiger partial charge on any atom is 0.326 e. The molecule has 0 aromatic heterocycles. The molecule has 1 rings (SSSR count). The van der Waals surface area contributed by atoms with Gasteiger partial charge >= 0.3 is 5.97 Å². The lowest BCUT2D eigenvalue weighted by molar-refractivity contribution is -0.152. The highest BCUT2D eigenvalue weighted by molar-refractivity contribution is 5.98. The molecule has 0 bridgehead atoms. The van der Waals surface area contributed by atoms with Crippen molar-refractivity contribution in [3.8, 4) is 5.75 Å². The van der Waals surface area contributed by atoms with Gasteiger partial charge in [-0.25, -0.2) is 4.39 Å². The van der Waals surface area contributed by atoms with E-state index in [1.807, 2.05) is 0 Å². The number of ketones is 1. The number of nitrogens with two attached hydrogens (primary N) is 1. The molecule has 1 aromatic rings. The highest BCUT2D eigenvalue weighted by Gasteiger charge is 2.19. The molecular weight excluding hydrogens is 277 g/mol. The van der Waals surface area contributed by atoms with E-state index in [0.717, 1.165) is 6.07 Å². The zero-order valence-electron chi connectivity index (χ0n) is 12.3. The van der Waals surface area contributed by atoms with E-state index in [2.05, 4.69) is 6.07 Å². The SMILES string of the molecule is CCC(=O)c1ccc(F)[c]c1OCOC(=O)[C@@H](N)C(C)C. The molecule has 0 fully saturated rings. The lowest BCUT2D eigenvalue weighted by atomic mass is 10.1. The largest absolute Gasteiger partial charge is 0.456 e. The van der Waals surface area contributed by atoms with Crippen LogP contribution in [0.25, 0.3) is 0 Å². The molecule has 0 saturated carbocycles. The number of Topliss-reactive ketones (excluding diaryl/α,β-unsaturated/α-hetero) is 1. The van der Waals surface area contributed by atoms with E-state index in [1.165, 1.54) is 6.07 Å². The molecule has 6 heteroatoms. The molecule has 1 radical (unpaired) electrons. The number of ether oxygens (including phenoxy) is 2. The van der Waals surface area contributed by atoms with Gasteiger partial charge in [-0.15, -0.1) is 0 Å². The van der Waals surface area contributed by atoms with E-state index in [4.69, 9.17) is 15.2 Å². The monoisotopic (exact) mass is 296 g/mol. The standard InChI is InChI=1S/C15H19FNO4/c1-4-12(18)11-6-5-10(16)7-13(11)20-8-21-15(19)14(17)9(2)3/h5-6,9,14H,4,8,17H2,1-3H3/t14-/m0/s1. The van der Waals surface area contributed by atoms with Crippen LogP contribution >= 0.6 is 0 Å². The van der Waals surface area contributed by atoms with Crippen molar-refractivity contribution in [3.05, 3.63) is 29.6 Å². The number of carbonyl (C=O) groups is 2. The number of esters is 1. The minimum atomic E-state index is -0.762. The molecule has 2 N–H and O–H groups in total. The maximum absolute atomic E-state index is 13.2. The number of benzene rings is 1. The summed E-state index contributed by atoms with van der Waals surface area (Å²) in [6.07, 6.45) is 0.244. The van der Waals surface area contributed by atoms with Crippen LogP contribution < -0.4 is 10.5 Å². The lowest BCUT2D eigenvalue weighted by Crippen LogP contribution is -2.37. The normalized spacial score (nSPS) is 12.1. The second-order valence-corrected chi connectivity index (χ2v) is 4.82. The first-order valence-electron chi connectivity index (χ1n) is 6.66. The van der Waals surface area contributed by atoms with Crippen LogP contribution in [0.15, 0.2) is 12.1 Å². The van der Waals surface area contributed by atoms with Gasteiger partial charge in [-0.05, 0) is 18.1 Å². The van der Waals surface area contributed by atoms with Gasteiger partial charge in [0.05, 0.1) is 11.6 Å². The Balaban J connectivity index is 2.69. The summed E-state index contributed by atoms with van der Waals surface area (Å²) in [5.74, 6) is -1.65. The van der Waals surface area contributed by atoms with Crippen LogP contribution in [0.4, 0.5) is 4.39 Å². The predicted octanol–water partition coefficient (Wildman–Crippen LogP) is 2.08. The Morgan fingerprint density at radius 2 is 2.05 bits per heavy atom. The quantitative estimate of drug-likeness (QED) is 0.473. The summed E-state index contributed by atoms with van der Waals surface area (Å²) in [6.45, 7) is 4.79. The van der Waals surface area contributed by atoms with Crippen molar-refractivity contribution in [3.63, 3.8) is 0 Å². The van der Waals surface area contributed by atoms with E-state index in [9.17, 15) is 14.0 Å². The highest BCUT2D eigenvalue weighted by atomic mass is 19.1. The third kappa shape index (κ3) is 4.82. The first kappa shape index (κ1) is 17.1. The van der Waals surface area contributed by atoms with Crippen molar-refractivity contribution >= 4 is 11.8 Å². The molecule has 5 nitrogen and oxygen atoms in total. The molecule has 115 valence electrons. The fourth-order valence-corrected chi connectivity index (χ4v) is 1.49. The van der Waals surface area contributed by atoms with Crippen LogP contribution in [0.5, 0.6) is 5.75 Å². The molecule has 0 aliphatic rings. The molecule has 0 saturated heterocycles. The zero-order chi connectivity index (χ0) is 16.0. The van der Waals surface area contributed by atoms with Gasteiger partial charge in [-0.1, -0.05) is 20.8 Å². The zero-order valence-corrected chi connectivity index (χ0v) is 12.3. The Hall–Kier alpha value is -1.95. The van der Waals surface area contributed by atoms with Gasteiger partial charge < -0.3 is 15.2 Å². The average Bonchev–Trinajstić information content (AvgIpc) is 2.45. The maximum atomic E-state index is 13.2. The van der Waals surface area contributed by atoms with Crippen molar-refractivity contribution in [2.75, 3.05) is 6.79 Å². The van der Waals surface area contributed by atoms with E-state index in [0.29, 0.717) is 0 Å². The number of rotatable bonds is 7. The molecule has 1 aromatic carbocycles. The predicted molar refractivity (Wildman–Crippen MR) is 74.3 cm³/mol. The van der Waals surface area contributed by atoms with Crippen LogP contribution in [0.2, 0.25) is 0 Å². The molecule has 0 spiro atoms. The third-order valence-corrected chi connectivity index (χ3v) is 2.89. The Morgan fingerprint density at radius 3 is 2.62 bits per heavy atom. The summed E-state index contributed by atoms with van der Waals surface area (Å²) < 4.78 is 23.1. The van der Waals surface area contributed by atoms with Crippen LogP contribution in [0.3, 0.4) is 0 Å². The van der Waals surface area contributed by atoms with Crippen LogP contribution in [-0.4, -0.2) is 24.6 Å². The Bertz CT molecular complexity index is 516. The third-order valence-electron chi connectivity index (χ3n) is 2.89. The Labute approximate surface area is 123 Å². The molecule has 0 aliphatic heterocycles. The number of halogens is 1. The van der Waals surface area contributed by atoms with Crippen molar-refractivity contribution in [1.29, 1.82) is 0 Å². The first-order chi connectivity index (χ1) is 9.86. The summed E-state index contributed by atoms with van der Waals surface area (Å²) in [5, 5.41) is 0. The topological polar surface area (TPSA) is 78.6 Å². The Kier molecular flexibility index (Phi) is 6.30. The van der Waals surface area contributed by atoms with E-state index < -0.39 is 24.6 Å². The number of hydrogen-bond acceptors (Lipinski definition) is 5. The molecule has 0 unspecified atom stereocenters. The summed E-state index contributed by atoms with van der Waals surface area (Å²) in [4.78, 5) is 23.2. The van der Waals surface area contributed by atoms with Crippen molar-refractivity contribution in [2.24, 2.45) is 11.7 Å². The fraction of sp³-hybridized carbons (Fsp3) is 0.467. The molecule has 0 heterocycles. The van der Waals surface area contributed by atoms with Crippen LogP contribution in [-0.2, 0) is 9.53 Å². The summed E-state index contributed by atoms with van der Waals surface area (Å²) in [6, 6.07) is 3.96. The minimum Gasteiger partial charge on any atom is -0.456 e. The van der Waals surface area contributed by atoms with E-state index in [-0.39, 0.29) is 29.4 Å². The second kappa shape index (κ2) is 7.73. The van der Waals surface area contributed by atoms with E-state index in [1.54, 1.807) is 20.8 Å². The van der Waals surface area contributed by atoms with Crippen LogP contribution in [0.1, 0.15) is 37.6 Å². The van der Waals surface area contributed by atoms with Gasteiger partial charge in [0.2, 0.25) is 6.79 Å². The minimum absolute atomic E-state index is 0.0736. The van der Waals surface area contributed by atoms with Crippen molar-refractivity contribution in [1.82, 2.24) is 0 Å². The lowest BCUT2D eigenvalue weighted by Gasteiger charge is -2.15. The van der Waals surface area contributed by atoms with Crippen molar-refractivity contribution < 1.29 is 23.5 Å². The summed E-state index contributed by atoms with van der Waals surface area (Å²) >= 11 is 0.